The highest BCUT2D eigenvalue weighted by molar-refractivity contribution is 14.1. The molecule has 5 nitrogen and oxygen atoms in total. The first-order valence-corrected chi connectivity index (χ1v) is 4.84. The Morgan fingerprint density at radius 2 is 2.36 bits per heavy atom. The van der Waals surface area contributed by atoms with E-state index in [-0.39, 0.29) is 0 Å². The molecule has 0 aliphatic carbocycles. The van der Waals surface area contributed by atoms with Gasteiger partial charge in [-0.1, -0.05) is 0 Å². The molecule has 6 heteroatoms. The monoisotopic (exact) mass is 301 g/mol. The fourth-order valence-corrected chi connectivity index (χ4v) is 1.07. The molecule has 0 atom stereocenters. The molecule has 14 heavy (non-hydrogen) atoms. The van der Waals surface area contributed by atoms with E-state index in [1.807, 2.05) is 42.8 Å². The van der Waals surface area contributed by atoms with Gasteiger partial charge in [0.1, 0.15) is 11.6 Å². The van der Waals surface area contributed by atoms with Crippen molar-refractivity contribution in [1.82, 2.24) is 14.9 Å². The van der Waals surface area contributed by atoms with Gasteiger partial charge in [-0.05, 0) is 0 Å². The van der Waals surface area contributed by atoms with Crippen LogP contribution in [-0.4, -0.2) is 35.3 Å². The van der Waals surface area contributed by atoms with Crippen LogP contribution in [0.3, 0.4) is 0 Å². The highest BCUT2D eigenvalue weighted by Gasteiger charge is 2.02. The van der Waals surface area contributed by atoms with Crippen LogP contribution in [0.15, 0.2) is 11.2 Å². The van der Waals surface area contributed by atoms with Crippen LogP contribution >= 0.6 is 22.6 Å². The molecule has 72 valence electrons. The minimum atomic E-state index is 0.378. The van der Waals surface area contributed by atoms with Gasteiger partial charge in [0, 0.05) is 36.7 Å². The van der Waals surface area contributed by atoms with E-state index >= 15 is 0 Å². The Labute approximate surface area is 95.6 Å². The Balaban J connectivity index is 3.06. The summed E-state index contributed by atoms with van der Waals surface area (Å²) >= 11 is 1.98. The first-order valence-electron chi connectivity index (χ1n) is 3.76. The maximum absolute atomic E-state index is 8.75. The number of aromatic nitrogens is 2. The van der Waals surface area contributed by atoms with E-state index in [1.54, 1.807) is 11.2 Å². The van der Waals surface area contributed by atoms with Gasteiger partial charge in [-0.25, -0.2) is 15.0 Å². The molecule has 1 aromatic rings. The molecule has 0 spiro atoms. The lowest BCUT2D eigenvalue weighted by atomic mass is 10.3. The zero-order valence-corrected chi connectivity index (χ0v) is 9.93. The molecule has 0 amide bonds. The summed E-state index contributed by atoms with van der Waals surface area (Å²) in [7, 11) is 3.70. The topological polar surface area (TPSA) is 65.2 Å². The van der Waals surface area contributed by atoms with Gasteiger partial charge >= 0.3 is 0 Å². The highest BCUT2D eigenvalue weighted by atomic mass is 127. The summed E-state index contributed by atoms with van der Waals surface area (Å²) < 4.78 is 0.576. The second-order valence-electron chi connectivity index (χ2n) is 2.70. The standard InChI is InChI=1S/C8H8IN5/c1-14(2)5-12-7-6(3-10)4-11-8(9)13-7/h4-5H,1-2H3. The molecule has 0 N–H and O–H groups in total. The van der Waals surface area contributed by atoms with Gasteiger partial charge in [0.25, 0.3) is 0 Å². The Morgan fingerprint density at radius 3 is 2.93 bits per heavy atom. The number of hydrogen-bond acceptors (Lipinski definition) is 4. The number of aliphatic imine (C=N–C) groups is 1. The lowest BCUT2D eigenvalue weighted by molar-refractivity contribution is 0.643. The molecular formula is C8H8IN5. The van der Waals surface area contributed by atoms with Gasteiger partial charge in [0.05, 0.1) is 12.5 Å². The van der Waals surface area contributed by atoms with E-state index in [0.29, 0.717) is 15.2 Å². The first kappa shape index (κ1) is 10.8. The van der Waals surface area contributed by atoms with Crippen LogP contribution < -0.4 is 0 Å². The van der Waals surface area contributed by atoms with Crippen molar-refractivity contribution in [2.75, 3.05) is 14.1 Å². The van der Waals surface area contributed by atoms with E-state index in [9.17, 15) is 0 Å². The maximum Gasteiger partial charge on any atom is 0.192 e. The molecule has 0 unspecified atom stereocenters. The van der Waals surface area contributed by atoms with Crippen molar-refractivity contribution < 1.29 is 0 Å². The van der Waals surface area contributed by atoms with Crippen molar-refractivity contribution in [2.45, 2.75) is 0 Å². The quantitative estimate of drug-likeness (QED) is 0.356. The molecule has 1 heterocycles. The molecule has 0 aliphatic heterocycles. The van der Waals surface area contributed by atoms with Crippen LogP contribution in [0, 0.1) is 15.2 Å². The molecule has 0 aliphatic rings. The molecule has 0 fully saturated rings. The number of rotatable bonds is 2. The summed E-state index contributed by atoms with van der Waals surface area (Å²) in [5.74, 6) is 0.403. The van der Waals surface area contributed by atoms with Crippen LogP contribution in [0.2, 0.25) is 0 Å². The van der Waals surface area contributed by atoms with Crippen LogP contribution in [0.5, 0.6) is 0 Å². The minimum Gasteiger partial charge on any atom is -0.369 e. The molecule has 0 bridgehead atoms. The van der Waals surface area contributed by atoms with Gasteiger partial charge in [-0.15, -0.1) is 0 Å². The summed E-state index contributed by atoms with van der Waals surface area (Å²) in [5.41, 5.74) is 0.378. The van der Waals surface area contributed by atoms with E-state index in [2.05, 4.69) is 15.0 Å². The molecule has 0 aromatic carbocycles. The van der Waals surface area contributed by atoms with Gasteiger partial charge in [0.15, 0.2) is 9.65 Å². The predicted octanol–water partition coefficient (Wildman–Crippen LogP) is 1.17. The Hall–Kier alpha value is -1.23. The first-order chi connectivity index (χ1) is 6.63. The molecular weight excluding hydrogens is 293 g/mol. The summed E-state index contributed by atoms with van der Waals surface area (Å²) in [6, 6.07) is 1.99. The normalized spacial score (nSPS) is 10.1. The third kappa shape index (κ3) is 2.92. The zero-order valence-electron chi connectivity index (χ0n) is 7.77. The van der Waals surface area contributed by atoms with E-state index < -0.39 is 0 Å². The SMILES string of the molecule is CN(C)C=Nc1nc(I)ncc1C#N. The second kappa shape index (κ2) is 4.85. The molecule has 1 rings (SSSR count). The van der Waals surface area contributed by atoms with E-state index in [1.165, 1.54) is 6.20 Å². The summed E-state index contributed by atoms with van der Waals surface area (Å²) in [5, 5.41) is 8.75. The fraction of sp³-hybridized carbons (Fsp3) is 0.250. The Bertz CT molecular complexity index is 393. The van der Waals surface area contributed by atoms with Crippen LogP contribution in [0.4, 0.5) is 5.82 Å². The molecule has 0 radical (unpaired) electrons. The van der Waals surface area contributed by atoms with Gasteiger partial charge in [0.2, 0.25) is 0 Å². The minimum absolute atomic E-state index is 0.378. The fourth-order valence-electron chi connectivity index (χ4n) is 0.699. The van der Waals surface area contributed by atoms with Crippen LogP contribution in [-0.2, 0) is 0 Å². The third-order valence-corrected chi connectivity index (χ3v) is 1.79. The van der Waals surface area contributed by atoms with Crippen molar-refractivity contribution in [2.24, 2.45) is 4.99 Å². The maximum atomic E-state index is 8.75. The van der Waals surface area contributed by atoms with Crippen molar-refractivity contribution in [3.05, 3.63) is 15.6 Å². The largest absolute Gasteiger partial charge is 0.369 e. The Morgan fingerprint density at radius 1 is 1.64 bits per heavy atom. The number of hydrogen-bond donors (Lipinski definition) is 0. The van der Waals surface area contributed by atoms with Crippen LogP contribution in [0.25, 0.3) is 0 Å². The van der Waals surface area contributed by atoms with Gasteiger partial charge < -0.3 is 4.90 Å². The third-order valence-electron chi connectivity index (χ3n) is 1.27. The van der Waals surface area contributed by atoms with Crippen molar-refractivity contribution >= 4 is 34.7 Å². The van der Waals surface area contributed by atoms with Crippen molar-refractivity contribution in [3.63, 3.8) is 0 Å². The average molecular weight is 301 g/mol. The lowest BCUT2D eigenvalue weighted by Gasteiger charge is -2.02. The summed E-state index contributed by atoms with van der Waals surface area (Å²) in [6.07, 6.45) is 3.07. The predicted molar refractivity (Wildman–Crippen MR) is 61.3 cm³/mol. The number of nitrogens with zero attached hydrogens (tertiary/aromatic N) is 5. The second-order valence-corrected chi connectivity index (χ2v) is 3.66. The summed E-state index contributed by atoms with van der Waals surface area (Å²) in [6.45, 7) is 0. The van der Waals surface area contributed by atoms with Crippen LogP contribution in [0.1, 0.15) is 5.56 Å². The van der Waals surface area contributed by atoms with E-state index in [4.69, 9.17) is 5.26 Å². The number of nitriles is 1. The lowest BCUT2D eigenvalue weighted by Crippen LogP contribution is -2.07. The molecule has 1 aromatic heterocycles. The molecule has 0 saturated heterocycles. The highest BCUT2D eigenvalue weighted by Crippen LogP contribution is 2.14. The summed E-state index contributed by atoms with van der Waals surface area (Å²) in [4.78, 5) is 13.8. The smallest absolute Gasteiger partial charge is 0.192 e. The van der Waals surface area contributed by atoms with Gasteiger partial charge in [-0.3, -0.25) is 0 Å². The van der Waals surface area contributed by atoms with Crippen molar-refractivity contribution in [1.29, 1.82) is 5.26 Å². The van der Waals surface area contributed by atoms with Gasteiger partial charge in [-0.2, -0.15) is 5.26 Å². The van der Waals surface area contributed by atoms with E-state index in [0.717, 1.165) is 0 Å². The Kier molecular flexibility index (Phi) is 3.76. The number of halogens is 1. The molecule has 0 saturated carbocycles. The van der Waals surface area contributed by atoms with Crippen molar-refractivity contribution in [3.8, 4) is 6.07 Å². The zero-order chi connectivity index (χ0) is 10.6. The average Bonchev–Trinajstić information content (AvgIpc) is 2.15.